The normalized spacial score (nSPS) is 16.8. The van der Waals surface area contributed by atoms with E-state index in [-0.39, 0.29) is 5.91 Å². The molecule has 5 nitrogen and oxygen atoms in total. The van der Waals surface area contributed by atoms with Crippen molar-refractivity contribution in [2.24, 2.45) is 0 Å². The first-order valence-electron chi connectivity index (χ1n) is 9.16. The zero-order chi connectivity index (χ0) is 18.5. The Bertz CT molecular complexity index is 707. The molecule has 1 aromatic rings. The molecule has 0 bridgehead atoms. The molecular weight excluding hydrogens is 336 g/mol. The van der Waals surface area contributed by atoms with Crippen LogP contribution in [0.4, 0.5) is 0 Å². The number of benzene rings is 1. The summed E-state index contributed by atoms with van der Waals surface area (Å²) in [6.07, 6.45) is 3.37. The van der Waals surface area contributed by atoms with E-state index in [2.05, 4.69) is 17.6 Å². The summed E-state index contributed by atoms with van der Waals surface area (Å²) in [5.41, 5.74) is 1.59. The monoisotopic (exact) mass is 366 g/mol. The molecule has 1 saturated carbocycles. The Morgan fingerprint density at radius 1 is 1.12 bits per heavy atom. The van der Waals surface area contributed by atoms with Gasteiger partial charge < -0.3 is 10.6 Å². The minimum Gasteiger partial charge on any atom is -0.353 e. The van der Waals surface area contributed by atoms with E-state index in [0.29, 0.717) is 36.4 Å². The predicted molar refractivity (Wildman–Crippen MR) is 100 cm³/mol. The highest BCUT2D eigenvalue weighted by Gasteiger charge is 2.53. The molecule has 0 saturated heterocycles. The molecular formula is C19H30N2O3S. The second-order valence-electron chi connectivity index (χ2n) is 6.98. The van der Waals surface area contributed by atoms with Gasteiger partial charge in [0, 0.05) is 13.1 Å². The molecule has 25 heavy (non-hydrogen) atoms. The van der Waals surface area contributed by atoms with E-state index in [1.54, 1.807) is 13.0 Å². The average molecular weight is 367 g/mol. The number of rotatable bonds is 8. The number of sulfone groups is 1. The van der Waals surface area contributed by atoms with Crippen LogP contribution in [-0.2, 0) is 14.6 Å². The van der Waals surface area contributed by atoms with Gasteiger partial charge >= 0.3 is 0 Å². The van der Waals surface area contributed by atoms with Gasteiger partial charge in [0.2, 0.25) is 5.91 Å². The van der Waals surface area contributed by atoms with Gasteiger partial charge in [-0.3, -0.25) is 4.79 Å². The number of amides is 1. The molecule has 1 aliphatic rings. The first-order chi connectivity index (χ1) is 11.8. The Labute approximate surface area is 151 Å². The van der Waals surface area contributed by atoms with E-state index in [1.807, 2.05) is 19.1 Å². The van der Waals surface area contributed by atoms with Gasteiger partial charge in [-0.1, -0.05) is 31.9 Å². The van der Waals surface area contributed by atoms with Gasteiger partial charge in [-0.2, -0.15) is 0 Å². The van der Waals surface area contributed by atoms with Gasteiger partial charge in [-0.15, -0.1) is 0 Å². The number of aryl methyl sites for hydroxylation is 2. The zero-order valence-electron chi connectivity index (χ0n) is 15.5. The molecule has 0 spiro atoms. The highest BCUT2D eigenvalue weighted by Crippen LogP contribution is 2.41. The summed E-state index contributed by atoms with van der Waals surface area (Å²) in [6.45, 7) is 7.74. The van der Waals surface area contributed by atoms with Gasteiger partial charge in [0.05, 0.1) is 4.90 Å². The summed E-state index contributed by atoms with van der Waals surface area (Å²) in [5, 5.41) is 6.07. The third-order valence-corrected chi connectivity index (χ3v) is 7.63. The van der Waals surface area contributed by atoms with E-state index in [0.717, 1.165) is 31.4 Å². The van der Waals surface area contributed by atoms with Crippen molar-refractivity contribution in [2.75, 3.05) is 19.6 Å². The van der Waals surface area contributed by atoms with Crippen LogP contribution in [0.1, 0.15) is 50.2 Å². The summed E-state index contributed by atoms with van der Waals surface area (Å²) < 4.78 is 25.5. The molecule has 0 aliphatic heterocycles. The number of carbonyl (C=O) groups excluding carboxylic acids is 1. The summed E-state index contributed by atoms with van der Waals surface area (Å²) in [4.78, 5) is 13.2. The molecule has 0 atom stereocenters. The van der Waals surface area contributed by atoms with Crippen molar-refractivity contribution >= 4 is 15.7 Å². The van der Waals surface area contributed by atoms with Crippen LogP contribution in [-0.4, -0.2) is 38.7 Å². The first-order valence-corrected chi connectivity index (χ1v) is 10.6. The van der Waals surface area contributed by atoms with Crippen molar-refractivity contribution in [3.8, 4) is 0 Å². The summed E-state index contributed by atoms with van der Waals surface area (Å²) >= 11 is 0. The maximum atomic E-state index is 13.4. The maximum absolute atomic E-state index is 13.4. The molecule has 0 heterocycles. The number of nitrogens with one attached hydrogen (secondary N) is 2. The molecule has 0 unspecified atom stereocenters. The van der Waals surface area contributed by atoms with E-state index in [9.17, 15) is 13.2 Å². The number of carbonyl (C=O) groups is 1. The lowest BCUT2D eigenvalue weighted by atomic mass is 10.1. The van der Waals surface area contributed by atoms with Crippen molar-refractivity contribution in [1.82, 2.24) is 10.6 Å². The minimum absolute atomic E-state index is 0.300. The standard InChI is InChI=1S/C19H30N2O3S/c1-4-11-20-12-13-21-18(22)19(9-5-6-10-19)25(23,24)17-14-15(2)7-8-16(17)3/h7-8,14,20H,4-6,9-13H2,1-3H3,(H,21,22). The smallest absolute Gasteiger partial charge is 0.241 e. The lowest BCUT2D eigenvalue weighted by Crippen LogP contribution is -2.51. The fourth-order valence-electron chi connectivity index (χ4n) is 3.50. The van der Waals surface area contributed by atoms with E-state index in [4.69, 9.17) is 0 Å². The molecule has 1 aromatic carbocycles. The van der Waals surface area contributed by atoms with Crippen LogP contribution in [0, 0.1) is 13.8 Å². The Balaban J connectivity index is 2.26. The van der Waals surface area contributed by atoms with Crippen molar-refractivity contribution in [3.63, 3.8) is 0 Å². The lowest BCUT2D eigenvalue weighted by molar-refractivity contribution is -0.123. The summed E-state index contributed by atoms with van der Waals surface area (Å²) in [7, 11) is -3.73. The van der Waals surface area contributed by atoms with Crippen LogP contribution < -0.4 is 10.6 Å². The Kier molecular flexibility index (Phi) is 6.63. The average Bonchev–Trinajstić information content (AvgIpc) is 3.08. The minimum atomic E-state index is -3.73. The van der Waals surface area contributed by atoms with Crippen LogP contribution in [0.2, 0.25) is 0 Å². The summed E-state index contributed by atoms with van der Waals surface area (Å²) in [6, 6.07) is 5.41. The van der Waals surface area contributed by atoms with E-state index < -0.39 is 14.6 Å². The molecule has 1 fully saturated rings. The Morgan fingerprint density at radius 3 is 2.44 bits per heavy atom. The topological polar surface area (TPSA) is 75.3 Å². The van der Waals surface area contributed by atoms with Crippen LogP contribution in [0.25, 0.3) is 0 Å². The molecule has 0 radical (unpaired) electrons. The number of hydrogen-bond donors (Lipinski definition) is 2. The van der Waals surface area contributed by atoms with E-state index >= 15 is 0 Å². The molecule has 0 aromatic heterocycles. The van der Waals surface area contributed by atoms with Crippen LogP contribution in [0.5, 0.6) is 0 Å². The van der Waals surface area contributed by atoms with Gasteiger partial charge in [0.1, 0.15) is 0 Å². The molecule has 1 amide bonds. The van der Waals surface area contributed by atoms with Crippen LogP contribution in [0.3, 0.4) is 0 Å². The summed E-state index contributed by atoms with van der Waals surface area (Å²) in [5.74, 6) is -0.343. The SMILES string of the molecule is CCCNCCNC(=O)C1(S(=O)(=O)c2cc(C)ccc2C)CCCC1. The van der Waals surface area contributed by atoms with Crippen molar-refractivity contribution < 1.29 is 13.2 Å². The second kappa shape index (κ2) is 8.32. The zero-order valence-corrected chi connectivity index (χ0v) is 16.3. The Hall–Kier alpha value is -1.40. The van der Waals surface area contributed by atoms with Crippen molar-refractivity contribution in [1.29, 1.82) is 0 Å². The highest BCUT2D eigenvalue weighted by atomic mass is 32.2. The first kappa shape index (κ1) is 19.9. The van der Waals surface area contributed by atoms with Gasteiger partial charge in [-0.05, 0) is 56.8 Å². The highest BCUT2D eigenvalue weighted by molar-refractivity contribution is 7.93. The molecule has 140 valence electrons. The van der Waals surface area contributed by atoms with Gasteiger partial charge in [0.25, 0.3) is 0 Å². The lowest BCUT2D eigenvalue weighted by Gasteiger charge is -2.28. The fraction of sp³-hybridized carbons (Fsp3) is 0.632. The Morgan fingerprint density at radius 2 is 1.80 bits per heavy atom. The second-order valence-corrected chi connectivity index (χ2v) is 9.21. The number of hydrogen-bond acceptors (Lipinski definition) is 4. The molecule has 2 rings (SSSR count). The maximum Gasteiger partial charge on any atom is 0.241 e. The van der Waals surface area contributed by atoms with Crippen molar-refractivity contribution in [3.05, 3.63) is 29.3 Å². The third kappa shape index (κ3) is 4.06. The predicted octanol–water partition coefficient (Wildman–Crippen LogP) is 2.51. The third-order valence-electron chi connectivity index (χ3n) is 4.99. The molecule has 2 N–H and O–H groups in total. The van der Waals surface area contributed by atoms with Crippen LogP contribution in [0.15, 0.2) is 23.1 Å². The van der Waals surface area contributed by atoms with Gasteiger partial charge in [-0.25, -0.2) is 8.42 Å². The van der Waals surface area contributed by atoms with Crippen molar-refractivity contribution in [2.45, 2.75) is 62.5 Å². The van der Waals surface area contributed by atoms with Crippen LogP contribution >= 0.6 is 0 Å². The fourth-order valence-corrected chi connectivity index (χ4v) is 5.89. The molecule has 1 aliphatic carbocycles. The van der Waals surface area contributed by atoms with Gasteiger partial charge in [0.15, 0.2) is 14.6 Å². The molecule has 6 heteroatoms. The quantitative estimate of drug-likeness (QED) is 0.693. The van der Waals surface area contributed by atoms with E-state index in [1.165, 1.54) is 0 Å². The largest absolute Gasteiger partial charge is 0.353 e.